The Hall–Kier alpha value is -2.51. The molecule has 1 heterocycles. The quantitative estimate of drug-likeness (QED) is 0.0548. The van der Waals surface area contributed by atoms with Crippen molar-refractivity contribution in [2.24, 2.45) is 0 Å². The Morgan fingerprint density at radius 1 is 0.543 bits per heavy atom. The number of unbranched alkanes of at least 4 members (excludes halogenated alkanes) is 3. The summed E-state index contributed by atoms with van der Waals surface area (Å²) in [4.78, 5) is 0. The van der Waals surface area contributed by atoms with Gasteiger partial charge in [0.05, 0.1) is 0 Å². The molecule has 3 rings (SSSR count). The zero-order valence-corrected chi connectivity index (χ0v) is 31.3. The zero-order valence-electron chi connectivity index (χ0n) is 30.3. The Labute approximate surface area is 289 Å². The van der Waals surface area contributed by atoms with E-state index in [1.54, 1.807) is 25.6 Å². The van der Waals surface area contributed by atoms with Crippen LogP contribution in [0.25, 0.3) is 16.9 Å². The van der Waals surface area contributed by atoms with Crippen molar-refractivity contribution in [2.45, 2.75) is 149 Å². The van der Waals surface area contributed by atoms with Crippen molar-refractivity contribution in [1.29, 1.82) is 0 Å². The first kappa shape index (κ1) is 39.7. The van der Waals surface area contributed by atoms with E-state index in [1.807, 2.05) is 12.2 Å². The van der Waals surface area contributed by atoms with Crippen molar-refractivity contribution in [1.82, 2.24) is 0 Å². The van der Waals surface area contributed by atoms with Crippen LogP contribution in [0.3, 0.4) is 0 Å². The molecule has 0 saturated carbocycles. The monoisotopic (exact) mass is 666 g/mol. The second kappa shape index (κ2) is 22.9. The largest absolute Gasteiger partial charge is 0.493 e. The van der Waals surface area contributed by atoms with E-state index in [4.69, 9.17) is 0 Å². The van der Waals surface area contributed by atoms with E-state index < -0.39 is 0 Å². The SMILES string of the molecule is C=C[CH2][Ni][CH2]C=C.CCCCc1cc(C2=CC=C(c3cc(CCC)c(CCC)c(CCC)c3)[N+]2=[N-])cc(CCCC)c1CCCC. The molecular formula is C43H64N2Ni. The standard InChI is InChI=1S/C37H54N2.2C3H5.Ni/c1-7-13-19-30-26-33(27-31(20-14-8-2)35(30)21-15-9-3)37-23-22-36(39(37)38)32-24-28(16-10-4)34(18-12-6)29(25-32)17-11-5;2*1-3-2;/h22-27H,7-21H2,1-6H3;2*3H,1-2H2;. The smallest absolute Gasteiger partial charge is 0.207 e. The average Bonchev–Trinajstić information content (AvgIpc) is 3.45. The summed E-state index contributed by atoms with van der Waals surface area (Å²) >= 11 is 1.66. The number of nitrogens with zero attached hydrogens (tertiary/aromatic N) is 2. The summed E-state index contributed by atoms with van der Waals surface area (Å²) in [7, 11) is 0. The number of allylic oxidation sites excluding steroid dienone is 4. The van der Waals surface area contributed by atoms with Crippen LogP contribution in [-0.2, 0) is 53.0 Å². The minimum atomic E-state index is 0.906. The van der Waals surface area contributed by atoms with Crippen LogP contribution in [0.2, 0.25) is 10.8 Å². The first-order chi connectivity index (χ1) is 22.4. The molecule has 2 aromatic carbocycles. The number of hydrogen-bond donors (Lipinski definition) is 0. The van der Waals surface area contributed by atoms with Crippen molar-refractivity contribution in [3.05, 3.63) is 112 Å². The van der Waals surface area contributed by atoms with Crippen LogP contribution in [0.1, 0.15) is 144 Å². The molecular weight excluding hydrogens is 603 g/mol. The van der Waals surface area contributed by atoms with Crippen LogP contribution in [0.4, 0.5) is 0 Å². The van der Waals surface area contributed by atoms with Crippen LogP contribution in [-0.4, -0.2) is 4.70 Å². The predicted octanol–water partition coefficient (Wildman–Crippen LogP) is 13.3. The fourth-order valence-corrected chi connectivity index (χ4v) is 6.92. The van der Waals surface area contributed by atoms with E-state index in [9.17, 15) is 5.53 Å². The van der Waals surface area contributed by atoms with Crippen molar-refractivity contribution in [2.75, 3.05) is 0 Å². The molecule has 0 spiro atoms. The van der Waals surface area contributed by atoms with Gasteiger partial charge >= 0.3 is 50.5 Å². The second-order valence-electron chi connectivity index (χ2n) is 12.5. The molecule has 256 valence electrons. The van der Waals surface area contributed by atoms with E-state index in [1.165, 1.54) is 78.3 Å². The van der Waals surface area contributed by atoms with Crippen LogP contribution in [0.5, 0.6) is 0 Å². The van der Waals surface area contributed by atoms with Gasteiger partial charge in [-0.05, 0) is 115 Å². The van der Waals surface area contributed by atoms with Gasteiger partial charge in [0, 0.05) is 23.3 Å². The molecule has 0 atom stereocenters. The van der Waals surface area contributed by atoms with E-state index in [2.05, 4.69) is 91.1 Å². The molecule has 0 unspecified atom stereocenters. The Balaban J connectivity index is 0.000000942. The average molecular weight is 668 g/mol. The van der Waals surface area contributed by atoms with Gasteiger partial charge in [-0.25, -0.2) is 4.70 Å². The van der Waals surface area contributed by atoms with Crippen molar-refractivity contribution < 1.29 is 19.1 Å². The van der Waals surface area contributed by atoms with Crippen LogP contribution in [0, 0.1) is 0 Å². The third kappa shape index (κ3) is 11.9. The van der Waals surface area contributed by atoms with Gasteiger partial charge in [-0.15, -0.1) is 0 Å². The topological polar surface area (TPSA) is 25.3 Å². The Morgan fingerprint density at radius 3 is 1.28 bits per heavy atom. The zero-order chi connectivity index (χ0) is 33.7. The van der Waals surface area contributed by atoms with Gasteiger partial charge in [-0.2, -0.15) is 0 Å². The molecule has 0 bridgehead atoms. The first-order valence-corrected chi connectivity index (χ1v) is 19.7. The maximum atomic E-state index is 11.6. The van der Waals surface area contributed by atoms with Crippen molar-refractivity contribution in [3.8, 4) is 0 Å². The molecule has 46 heavy (non-hydrogen) atoms. The van der Waals surface area contributed by atoms with Gasteiger partial charge in [0.15, 0.2) is 0 Å². The van der Waals surface area contributed by atoms with Gasteiger partial charge in [-0.1, -0.05) is 80.1 Å². The van der Waals surface area contributed by atoms with Gasteiger partial charge in [0.2, 0.25) is 11.4 Å². The normalized spacial score (nSPS) is 12.5. The molecule has 0 saturated heterocycles. The maximum absolute atomic E-state index is 11.6. The number of aryl methyl sites for hydroxylation is 4. The molecule has 0 fully saturated rings. The molecule has 0 aromatic heterocycles. The summed E-state index contributed by atoms with van der Waals surface area (Å²) in [6.45, 7) is 20.8. The third-order valence-corrected chi connectivity index (χ3v) is 9.74. The van der Waals surface area contributed by atoms with Gasteiger partial charge in [-0.3, -0.25) is 0 Å². The summed E-state index contributed by atoms with van der Waals surface area (Å²) in [5, 5.41) is 2.11. The van der Waals surface area contributed by atoms with Crippen LogP contribution < -0.4 is 0 Å². The van der Waals surface area contributed by atoms with E-state index in [0.29, 0.717) is 0 Å². The molecule has 1 aliphatic heterocycles. The van der Waals surface area contributed by atoms with E-state index in [0.717, 1.165) is 78.2 Å². The second-order valence-corrected chi connectivity index (χ2v) is 13.8. The minimum absolute atomic E-state index is 0.906. The summed E-state index contributed by atoms with van der Waals surface area (Å²) in [6, 6.07) is 9.48. The molecule has 0 N–H and O–H groups in total. The number of hydrogen-bond acceptors (Lipinski definition) is 0. The Morgan fingerprint density at radius 2 is 0.913 bits per heavy atom. The molecule has 0 amide bonds. The third-order valence-electron chi connectivity index (χ3n) is 8.60. The predicted molar refractivity (Wildman–Crippen MR) is 200 cm³/mol. The number of benzene rings is 2. The minimum Gasteiger partial charge on any atom is -0.493 e. The van der Waals surface area contributed by atoms with Crippen LogP contribution >= 0.6 is 0 Å². The van der Waals surface area contributed by atoms with E-state index >= 15 is 0 Å². The summed E-state index contributed by atoms with van der Waals surface area (Å²) in [5.74, 6) is 0. The molecule has 2 nitrogen and oxygen atoms in total. The van der Waals surface area contributed by atoms with E-state index in [-0.39, 0.29) is 0 Å². The number of rotatable bonds is 21. The summed E-state index contributed by atoms with van der Waals surface area (Å²) < 4.78 is 1.47. The van der Waals surface area contributed by atoms with Crippen molar-refractivity contribution >= 4 is 11.4 Å². The first-order valence-electron chi connectivity index (χ1n) is 18.3. The van der Waals surface area contributed by atoms with Gasteiger partial charge < -0.3 is 5.53 Å². The fraction of sp³-hybridized carbons (Fsp3) is 0.535. The molecule has 0 aliphatic carbocycles. The summed E-state index contributed by atoms with van der Waals surface area (Å²) in [6.07, 6.45) is 25.6. The fourth-order valence-electron chi connectivity index (χ4n) is 6.35. The Kier molecular flexibility index (Phi) is 19.8. The molecule has 1 aliphatic rings. The molecule has 3 heteroatoms. The molecule has 0 radical (unpaired) electrons. The van der Waals surface area contributed by atoms with Gasteiger partial charge in [0.1, 0.15) is 0 Å². The Bertz CT molecular complexity index is 1250. The summed E-state index contributed by atoms with van der Waals surface area (Å²) in [5.41, 5.74) is 24.8. The van der Waals surface area contributed by atoms with Crippen LogP contribution in [0.15, 0.2) is 61.7 Å². The van der Waals surface area contributed by atoms with Crippen molar-refractivity contribution in [3.63, 3.8) is 0 Å². The molecule has 2 aromatic rings. The van der Waals surface area contributed by atoms with Gasteiger partial charge in [0.25, 0.3) is 0 Å². The maximum Gasteiger partial charge on any atom is 0.207 e.